The molecule has 2 N–H and O–H groups in total. The number of rotatable bonds is 6. The average Bonchev–Trinajstić information content (AvgIpc) is 2.61. The molecule has 0 aliphatic carbocycles. The molecule has 0 aromatic heterocycles. The molecule has 0 radical (unpaired) electrons. The predicted molar refractivity (Wildman–Crippen MR) is 94.7 cm³/mol. The van der Waals surface area contributed by atoms with E-state index in [0.29, 0.717) is 11.4 Å². The van der Waals surface area contributed by atoms with Gasteiger partial charge in [0.1, 0.15) is 5.69 Å². The van der Waals surface area contributed by atoms with Gasteiger partial charge in [-0.3, -0.25) is 19.7 Å². The SMILES string of the molecule is CNc1ccc(C(=O)N(C)CC(=O)Nc2ccccc2)cc1[N+](=O)[O-]. The highest BCUT2D eigenvalue weighted by Crippen LogP contribution is 2.25. The molecule has 0 saturated heterocycles. The first-order valence-electron chi connectivity index (χ1n) is 7.49. The van der Waals surface area contributed by atoms with Gasteiger partial charge in [-0.05, 0) is 24.3 Å². The third-order valence-corrected chi connectivity index (χ3v) is 3.50. The molecule has 0 saturated carbocycles. The van der Waals surface area contributed by atoms with E-state index in [4.69, 9.17) is 0 Å². The van der Waals surface area contributed by atoms with Gasteiger partial charge in [-0.15, -0.1) is 0 Å². The highest BCUT2D eigenvalue weighted by Gasteiger charge is 2.20. The summed E-state index contributed by atoms with van der Waals surface area (Å²) in [5.74, 6) is -0.836. The molecule has 0 heterocycles. The topological polar surface area (TPSA) is 105 Å². The Bertz CT molecular complexity index is 792. The Balaban J connectivity index is 2.08. The van der Waals surface area contributed by atoms with Crippen molar-refractivity contribution in [2.45, 2.75) is 0 Å². The second-order valence-corrected chi connectivity index (χ2v) is 5.31. The predicted octanol–water partition coefficient (Wildman–Crippen LogP) is 2.35. The van der Waals surface area contributed by atoms with Gasteiger partial charge in [0, 0.05) is 31.4 Å². The number of hydrogen-bond acceptors (Lipinski definition) is 5. The van der Waals surface area contributed by atoms with E-state index in [9.17, 15) is 19.7 Å². The summed E-state index contributed by atoms with van der Waals surface area (Å²) < 4.78 is 0. The second kappa shape index (κ2) is 7.91. The van der Waals surface area contributed by atoms with E-state index in [1.165, 1.54) is 30.1 Å². The van der Waals surface area contributed by atoms with Gasteiger partial charge in [0.05, 0.1) is 11.5 Å². The van der Waals surface area contributed by atoms with Crippen molar-refractivity contribution >= 4 is 28.9 Å². The summed E-state index contributed by atoms with van der Waals surface area (Å²) in [5.41, 5.74) is 0.879. The number of nitrogens with one attached hydrogen (secondary N) is 2. The Hall–Kier alpha value is -3.42. The fourth-order valence-corrected chi connectivity index (χ4v) is 2.26. The van der Waals surface area contributed by atoms with Gasteiger partial charge < -0.3 is 15.5 Å². The van der Waals surface area contributed by atoms with Crippen LogP contribution in [-0.4, -0.2) is 42.3 Å². The number of para-hydroxylation sites is 1. The molecule has 2 aromatic carbocycles. The van der Waals surface area contributed by atoms with Crippen LogP contribution in [0.15, 0.2) is 48.5 Å². The molecule has 2 aromatic rings. The maximum Gasteiger partial charge on any atom is 0.293 e. The van der Waals surface area contributed by atoms with Crippen LogP contribution in [0.5, 0.6) is 0 Å². The Morgan fingerprint density at radius 1 is 1.16 bits per heavy atom. The summed E-state index contributed by atoms with van der Waals surface area (Å²) >= 11 is 0. The summed E-state index contributed by atoms with van der Waals surface area (Å²) in [6.45, 7) is -0.171. The third-order valence-electron chi connectivity index (χ3n) is 3.50. The largest absolute Gasteiger partial charge is 0.383 e. The normalized spacial score (nSPS) is 10.0. The van der Waals surface area contributed by atoms with Gasteiger partial charge in [0.2, 0.25) is 5.91 Å². The highest BCUT2D eigenvalue weighted by atomic mass is 16.6. The monoisotopic (exact) mass is 342 g/mol. The molecule has 0 aliphatic rings. The van der Waals surface area contributed by atoms with E-state index < -0.39 is 10.8 Å². The van der Waals surface area contributed by atoms with Gasteiger partial charge in [-0.2, -0.15) is 0 Å². The van der Waals surface area contributed by atoms with Crippen LogP contribution >= 0.6 is 0 Å². The van der Waals surface area contributed by atoms with Crippen LogP contribution in [0.25, 0.3) is 0 Å². The van der Waals surface area contributed by atoms with Crippen LogP contribution in [0.3, 0.4) is 0 Å². The molecule has 0 spiro atoms. The second-order valence-electron chi connectivity index (χ2n) is 5.31. The van der Waals surface area contributed by atoms with E-state index >= 15 is 0 Å². The number of hydrogen-bond donors (Lipinski definition) is 2. The fraction of sp³-hybridized carbons (Fsp3) is 0.176. The minimum Gasteiger partial charge on any atom is -0.383 e. The zero-order chi connectivity index (χ0) is 18.4. The summed E-state index contributed by atoms with van der Waals surface area (Å²) in [6, 6.07) is 13.0. The van der Waals surface area contributed by atoms with Crippen molar-refractivity contribution in [1.82, 2.24) is 4.90 Å². The van der Waals surface area contributed by atoms with Crippen LogP contribution < -0.4 is 10.6 Å². The third kappa shape index (κ3) is 4.54. The van der Waals surface area contributed by atoms with E-state index in [1.807, 2.05) is 6.07 Å². The lowest BCUT2D eigenvalue weighted by Gasteiger charge is -2.17. The molecule has 0 aliphatic heterocycles. The van der Waals surface area contributed by atoms with Crippen molar-refractivity contribution in [3.63, 3.8) is 0 Å². The molecule has 0 bridgehead atoms. The zero-order valence-corrected chi connectivity index (χ0v) is 13.9. The molecule has 2 rings (SSSR count). The first kappa shape index (κ1) is 17.9. The van der Waals surface area contributed by atoms with Gasteiger partial charge in [-0.25, -0.2) is 0 Å². The van der Waals surface area contributed by atoms with Gasteiger partial charge in [-0.1, -0.05) is 18.2 Å². The number of nitrogens with zero attached hydrogens (tertiary/aromatic N) is 2. The molecule has 0 fully saturated rings. The van der Waals surface area contributed by atoms with Crippen LogP contribution in [0, 0.1) is 10.1 Å². The Kier molecular flexibility index (Phi) is 5.67. The number of amides is 2. The summed E-state index contributed by atoms with van der Waals surface area (Å²) in [7, 11) is 3.02. The summed E-state index contributed by atoms with van der Waals surface area (Å²) in [6.07, 6.45) is 0. The van der Waals surface area contributed by atoms with E-state index in [-0.39, 0.29) is 23.7 Å². The maximum absolute atomic E-state index is 12.4. The van der Waals surface area contributed by atoms with Crippen molar-refractivity contribution < 1.29 is 14.5 Å². The van der Waals surface area contributed by atoms with E-state index in [0.717, 1.165) is 0 Å². The van der Waals surface area contributed by atoms with Crippen molar-refractivity contribution in [1.29, 1.82) is 0 Å². The number of carbonyl (C=O) groups excluding carboxylic acids is 2. The average molecular weight is 342 g/mol. The molecule has 0 atom stereocenters. The van der Waals surface area contributed by atoms with Gasteiger partial charge in [0.25, 0.3) is 11.6 Å². The van der Waals surface area contributed by atoms with Gasteiger partial charge >= 0.3 is 0 Å². The van der Waals surface area contributed by atoms with Crippen molar-refractivity contribution in [3.05, 3.63) is 64.2 Å². The van der Waals surface area contributed by atoms with Crippen molar-refractivity contribution in [3.8, 4) is 0 Å². The minimum absolute atomic E-state index is 0.140. The number of likely N-dealkylation sites (N-methyl/N-ethyl adjacent to an activating group) is 1. The van der Waals surface area contributed by atoms with Crippen LogP contribution in [0.4, 0.5) is 17.1 Å². The lowest BCUT2D eigenvalue weighted by atomic mass is 10.1. The fourth-order valence-electron chi connectivity index (χ4n) is 2.26. The quantitative estimate of drug-likeness (QED) is 0.619. The van der Waals surface area contributed by atoms with Crippen molar-refractivity contribution in [2.24, 2.45) is 0 Å². The first-order chi connectivity index (χ1) is 11.9. The van der Waals surface area contributed by atoms with Crippen LogP contribution in [-0.2, 0) is 4.79 Å². The molecule has 130 valence electrons. The van der Waals surface area contributed by atoms with E-state index in [1.54, 1.807) is 31.3 Å². The lowest BCUT2D eigenvalue weighted by molar-refractivity contribution is -0.384. The molecular formula is C17H18N4O4. The summed E-state index contributed by atoms with van der Waals surface area (Å²) in [4.78, 5) is 36.1. The molecule has 0 unspecified atom stereocenters. The molecule has 2 amide bonds. The van der Waals surface area contributed by atoms with Crippen molar-refractivity contribution in [2.75, 3.05) is 31.3 Å². The van der Waals surface area contributed by atoms with Crippen LogP contribution in [0.2, 0.25) is 0 Å². The Morgan fingerprint density at radius 3 is 2.44 bits per heavy atom. The maximum atomic E-state index is 12.4. The van der Waals surface area contributed by atoms with E-state index in [2.05, 4.69) is 10.6 Å². The number of carbonyl (C=O) groups is 2. The lowest BCUT2D eigenvalue weighted by Crippen LogP contribution is -2.34. The molecule has 8 nitrogen and oxygen atoms in total. The number of benzene rings is 2. The number of nitro benzene ring substituents is 1. The number of anilines is 2. The molecule has 8 heteroatoms. The molecular weight excluding hydrogens is 324 g/mol. The smallest absolute Gasteiger partial charge is 0.293 e. The Morgan fingerprint density at radius 2 is 1.84 bits per heavy atom. The van der Waals surface area contributed by atoms with Crippen LogP contribution in [0.1, 0.15) is 10.4 Å². The first-order valence-corrected chi connectivity index (χ1v) is 7.49. The highest BCUT2D eigenvalue weighted by molar-refractivity contribution is 6.00. The van der Waals surface area contributed by atoms with Gasteiger partial charge in [0.15, 0.2) is 0 Å². The zero-order valence-electron chi connectivity index (χ0n) is 13.9. The minimum atomic E-state index is -0.565. The number of nitro groups is 1. The molecule has 25 heavy (non-hydrogen) atoms. The standard InChI is InChI=1S/C17H18N4O4/c1-18-14-9-8-12(10-15(14)21(24)25)17(23)20(2)11-16(22)19-13-6-4-3-5-7-13/h3-10,18H,11H2,1-2H3,(H,19,22). The summed E-state index contributed by atoms with van der Waals surface area (Å²) in [5, 5.41) is 16.5. The Labute approximate surface area is 144 Å².